The zero-order valence-electron chi connectivity index (χ0n) is 12.7. The molecule has 124 valence electrons. The summed E-state index contributed by atoms with van der Waals surface area (Å²) in [5.41, 5.74) is -1.69. The number of rotatable bonds is 6. The quantitative estimate of drug-likeness (QED) is 0.677. The number of carboxylic acid groups (broad SMARTS) is 1. The van der Waals surface area contributed by atoms with Crippen molar-refractivity contribution in [3.8, 4) is 0 Å². The van der Waals surface area contributed by atoms with Crippen molar-refractivity contribution >= 4 is 16.0 Å². The first kappa shape index (κ1) is 18.1. The Morgan fingerprint density at radius 2 is 1.86 bits per heavy atom. The number of aryl methyl sites for hydroxylation is 1. The van der Waals surface area contributed by atoms with Crippen LogP contribution in [0.15, 0.2) is 20.7 Å². The van der Waals surface area contributed by atoms with Crippen molar-refractivity contribution in [1.82, 2.24) is 13.9 Å². The molecule has 0 aliphatic rings. The molecule has 22 heavy (non-hydrogen) atoms. The highest BCUT2D eigenvalue weighted by Gasteiger charge is 2.29. The molecular weight excluding hydrogens is 314 g/mol. The molecule has 1 atom stereocenters. The smallest absolute Gasteiger partial charge is 0.330 e. The topological polar surface area (TPSA) is 127 Å². The molecule has 1 heterocycles. The van der Waals surface area contributed by atoms with E-state index in [0.29, 0.717) is 4.57 Å². The van der Waals surface area contributed by atoms with Crippen molar-refractivity contribution < 1.29 is 18.3 Å². The van der Waals surface area contributed by atoms with Crippen LogP contribution in [0, 0.1) is 5.92 Å². The molecule has 0 radical (unpaired) electrons. The highest BCUT2D eigenvalue weighted by molar-refractivity contribution is 7.89. The molecule has 0 aliphatic carbocycles. The minimum atomic E-state index is -4.37. The predicted octanol–water partition coefficient (Wildman–Crippen LogP) is -1.14. The lowest BCUT2D eigenvalue weighted by molar-refractivity contribution is -0.139. The van der Waals surface area contributed by atoms with E-state index in [4.69, 9.17) is 5.11 Å². The van der Waals surface area contributed by atoms with E-state index in [-0.39, 0.29) is 12.3 Å². The molecule has 0 aromatic carbocycles. The van der Waals surface area contributed by atoms with Crippen LogP contribution in [0.25, 0.3) is 0 Å². The fraction of sp³-hybridized carbons (Fsp3) is 0.583. The molecule has 0 spiro atoms. The molecule has 0 aliphatic heterocycles. The molecule has 1 aromatic heterocycles. The van der Waals surface area contributed by atoms with Gasteiger partial charge in [0, 0.05) is 20.3 Å². The number of nitrogens with one attached hydrogen (secondary N) is 1. The van der Waals surface area contributed by atoms with Crippen molar-refractivity contribution in [3.63, 3.8) is 0 Å². The first-order valence-electron chi connectivity index (χ1n) is 6.49. The fourth-order valence-corrected chi connectivity index (χ4v) is 3.24. The number of sulfonamides is 1. The molecule has 1 rings (SSSR count). The van der Waals surface area contributed by atoms with Gasteiger partial charge in [0.15, 0.2) is 4.90 Å². The van der Waals surface area contributed by atoms with Gasteiger partial charge in [-0.1, -0.05) is 13.8 Å². The molecule has 9 nitrogen and oxygen atoms in total. The SMILES string of the molecule is CC(C)CC(NS(=O)(=O)c1cn(C)c(=O)n(C)c1=O)C(=O)O. The Hall–Kier alpha value is -1.94. The maximum Gasteiger partial charge on any atom is 0.330 e. The second kappa shape index (κ2) is 6.44. The minimum absolute atomic E-state index is 0.0632. The standard InChI is InChI=1S/C12H19N3O6S/c1-7(2)5-8(11(17)18)13-22(20,21)9-6-14(3)12(19)15(4)10(9)16/h6-8,13H,5H2,1-4H3,(H,17,18). The third-order valence-electron chi connectivity index (χ3n) is 3.01. The van der Waals surface area contributed by atoms with Gasteiger partial charge >= 0.3 is 11.7 Å². The van der Waals surface area contributed by atoms with E-state index in [1.165, 1.54) is 7.05 Å². The van der Waals surface area contributed by atoms with Crippen LogP contribution in [-0.4, -0.2) is 34.7 Å². The Morgan fingerprint density at radius 1 is 1.32 bits per heavy atom. The van der Waals surface area contributed by atoms with E-state index in [0.717, 1.165) is 17.8 Å². The van der Waals surface area contributed by atoms with Crippen LogP contribution in [0.5, 0.6) is 0 Å². The molecule has 0 saturated heterocycles. The Bertz CT molecular complexity index is 790. The van der Waals surface area contributed by atoms with Gasteiger partial charge in [0.2, 0.25) is 10.0 Å². The number of nitrogens with zero attached hydrogens (tertiary/aromatic N) is 2. The maximum absolute atomic E-state index is 12.3. The number of carbonyl (C=O) groups is 1. The third-order valence-corrected chi connectivity index (χ3v) is 4.46. The summed E-state index contributed by atoms with van der Waals surface area (Å²) in [5, 5.41) is 9.09. The minimum Gasteiger partial charge on any atom is -0.480 e. The molecular formula is C12H19N3O6S. The zero-order chi connectivity index (χ0) is 17.2. The number of hydrogen-bond acceptors (Lipinski definition) is 5. The average Bonchev–Trinajstić information content (AvgIpc) is 2.38. The van der Waals surface area contributed by atoms with Crippen molar-refractivity contribution in [3.05, 3.63) is 27.0 Å². The van der Waals surface area contributed by atoms with Crippen LogP contribution in [0.4, 0.5) is 0 Å². The van der Waals surface area contributed by atoms with Gasteiger partial charge in [-0.05, 0) is 12.3 Å². The van der Waals surface area contributed by atoms with Gasteiger partial charge in [0.05, 0.1) is 0 Å². The van der Waals surface area contributed by atoms with Crippen molar-refractivity contribution in [2.45, 2.75) is 31.2 Å². The average molecular weight is 333 g/mol. The third kappa shape index (κ3) is 3.83. The Balaban J connectivity index is 3.34. The van der Waals surface area contributed by atoms with Gasteiger partial charge in [0.1, 0.15) is 6.04 Å². The summed E-state index contributed by atoms with van der Waals surface area (Å²) in [4.78, 5) is 34.0. The summed E-state index contributed by atoms with van der Waals surface area (Å²) in [6.45, 7) is 3.49. The summed E-state index contributed by atoms with van der Waals surface area (Å²) in [6.07, 6.45) is 0.946. The Kier molecular flexibility index (Phi) is 5.30. The summed E-state index contributed by atoms with van der Waals surface area (Å²) < 4.78 is 28.1. The van der Waals surface area contributed by atoms with Crippen LogP contribution in [0.1, 0.15) is 20.3 Å². The number of carboxylic acids is 1. The van der Waals surface area contributed by atoms with Crippen molar-refractivity contribution in [2.24, 2.45) is 20.0 Å². The van der Waals surface area contributed by atoms with E-state index < -0.39 is 38.2 Å². The van der Waals surface area contributed by atoms with Crippen LogP contribution < -0.4 is 16.0 Å². The summed E-state index contributed by atoms with van der Waals surface area (Å²) >= 11 is 0. The number of aliphatic carboxylic acids is 1. The summed E-state index contributed by atoms with van der Waals surface area (Å²) in [5.74, 6) is -1.40. The molecule has 1 unspecified atom stereocenters. The van der Waals surface area contributed by atoms with Crippen LogP contribution in [0.3, 0.4) is 0 Å². The molecule has 0 bridgehead atoms. The summed E-state index contributed by atoms with van der Waals surface area (Å²) in [7, 11) is -1.93. The Labute approximate surface area is 127 Å². The molecule has 10 heteroatoms. The van der Waals surface area contributed by atoms with E-state index in [2.05, 4.69) is 0 Å². The first-order valence-corrected chi connectivity index (χ1v) is 7.97. The van der Waals surface area contributed by atoms with Gasteiger partial charge in [-0.15, -0.1) is 0 Å². The molecule has 0 fully saturated rings. The van der Waals surface area contributed by atoms with E-state index in [1.54, 1.807) is 13.8 Å². The van der Waals surface area contributed by atoms with Gasteiger partial charge in [-0.25, -0.2) is 13.2 Å². The van der Waals surface area contributed by atoms with E-state index >= 15 is 0 Å². The van der Waals surface area contributed by atoms with Gasteiger partial charge < -0.3 is 9.67 Å². The van der Waals surface area contributed by atoms with E-state index in [9.17, 15) is 22.8 Å². The summed E-state index contributed by atoms with van der Waals surface area (Å²) in [6, 6.07) is -1.35. The van der Waals surface area contributed by atoms with E-state index in [1.807, 2.05) is 4.72 Å². The number of aromatic nitrogens is 2. The number of hydrogen-bond donors (Lipinski definition) is 2. The highest BCUT2D eigenvalue weighted by Crippen LogP contribution is 2.09. The second-order valence-electron chi connectivity index (χ2n) is 5.39. The second-order valence-corrected chi connectivity index (χ2v) is 7.08. The lowest BCUT2D eigenvalue weighted by Gasteiger charge is -2.16. The van der Waals surface area contributed by atoms with Gasteiger partial charge in [0.25, 0.3) is 5.56 Å². The van der Waals surface area contributed by atoms with Crippen LogP contribution in [-0.2, 0) is 28.9 Å². The maximum atomic E-state index is 12.3. The fourth-order valence-electron chi connectivity index (χ4n) is 1.88. The largest absolute Gasteiger partial charge is 0.480 e. The molecule has 1 aromatic rings. The Morgan fingerprint density at radius 3 is 2.32 bits per heavy atom. The first-order chi connectivity index (χ1) is 9.97. The van der Waals surface area contributed by atoms with Crippen molar-refractivity contribution in [2.75, 3.05) is 0 Å². The predicted molar refractivity (Wildman–Crippen MR) is 78.1 cm³/mol. The zero-order valence-corrected chi connectivity index (χ0v) is 13.5. The lowest BCUT2D eigenvalue weighted by atomic mass is 10.1. The van der Waals surface area contributed by atoms with Gasteiger partial charge in [-0.2, -0.15) is 4.72 Å². The normalized spacial score (nSPS) is 13.3. The highest BCUT2D eigenvalue weighted by atomic mass is 32.2. The lowest BCUT2D eigenvalue weighted by Crippen LogP contribution is -2.46. The van der Waals surface area contributed by atoms with Gasteiger partial charge in [-0.3, -0.25) is 14.2 Å². The molecule has 2 N–H and O–H groups in total. The van der Waals surface area contributed by atoms with Crippen LogP contribution in [0.2, 0.25) is 0 Å². The molecule has 0 saturated carbocycles. The molecule has 0 amide bonds. The monoisotopic (exact) mass is 333 g/mol. The van der Waals surface area contributed by atoms with Crippen molar-refractivity contribution in [1.29, 1.82) is 0 Å². The van der Waals surface area contributed by atoms with Crippen LogP contribution >= 0.6 is 0 Å².